The number of nitrogens with one attached hydrogen (secondary N) is 1. The monoisotopic (exact) mass is 360 g/mol. The van der Waals surface area contributed by atoms with Crippen LogP contribution in [0.25, 0.3) is 10.6 Å². The van der Waals surface area contributed by atoms with Gasteiger partial charge in [0.15, 0.2) is 11.5 Å². The highest BCUT2D eigenvalue weighted by molar-refractivity contribution is 7.13. The van der Waals surface area contributed by atoms with E-state index in [0.29, 0.717) is 12.9 Å². The maximum absolute atomic E-state index is 5.88. The second-order valence-electron chi connectivity index (χ2n) is 6.52. The van der Waals surface area contributed by atoms with Crippen molar-refractivity contribution in [2.24, 2.45) is 0 Å². The van der Waals surface area contributed by atoms with Gasteiger partial charge in [0.25, 0.3) is 0 Å². The van der Waals surface area contributed by atoms with E-state index < -0.39 is 0 Å². The van der Waals surface area contributed by atoms with Crippen LogP contribution in [0, 0.1) is 0 Å². The average Bonchev–Trinajstić information content (AvgIpc) is 3.38. The molecule has 2 aromatic rings. The van der Waals surface area contributed by atoms with E-state index in [1.807, 2.05) is 18.2 Å². The first kappa shape index (κ1) is 16.8. The van der Waals surface area contributed by atoms with Gasteiger partial charge in [0.1, 0.15) is 5.01 Å². The zero-order valence-corrected chi connectivity index (χ0v) is 15.1. The first-order valence-corrected chi connectivity index (χ1v) is 9.93. The number of fused-ring (bicyclic) bond motifs is 1. The van der Waals surface area contributed by atoms with Gasteiger partial charge in [-0.25, -0.2) is 4.98 Å². The molecule has 1 aliphatic heterocycles. The molecular weight excluding hydrogens is 336 g/mol. The lowest BCUT2D eigenvalue weighted by molar-refractivity contribution is 0.0568. The summed E-state index contributed by atoms with van der Waals surface area (Å²) in [5.41, 5.74) is 2.15. The fourth-order valence-electron chi connectivity index (χ4n) is 3.27. The Morgan fingerprint density at radius 2 is 2.08 bits per heavy atom. The van der Waals surface area contributed by atoms with Crippen molar-refractivity contribution in [2.45, 2.75) is 44.8 Å². The summed E-state index contributed by atoms with van der Waals surface area (Å²) in [5.74, 6) is 1.61. The summed E-state index contributed by atoms with van der Waals surface area (Å²) in [6.07, 6.45) is 6.72. The minimum atomic E-state index is 0.302. The van der Waals surface area contributed by atoms with Crippen molar-refractivity contribution in [3.63, 3.8) is 0 Å². The highest BCUT2D eigenvalue weighted by Crippen LogP contribution is 2.36. The molecule has 6 heteroatoms. The van der Waals surface area contributed by atoms with Crippen LogP contribution in [0.3, 0.4) is 0 Å². The lowest BCUT2D eigenvalue weighted by atomic mass is 10.2. The fraction of sp³-hybridized carbons (Fsp3) is 0.526. The van der Waals surface area contributed by atoms with Crippen LogP contribution < -0.4 is 14.8 Å². The molecule has 2 aliphatic rings. The van der Waals surface area contributed by atoms with Crippen molar-refractivity contribution in [1.29, 1.82) is 0 Å². The fourth-order valence-corrected chi connectivity index (χ4v) is 4.09. The van der Waals surface area contributed by atoms with Crippen LogP contribution in [0.4, 0.5) is 0 Å². The van der Waals surface area contributed by atoms with Crippen LogP contribution in [0.5, 0.6) is 11.5 Å². The predicted molar refractivity (Wildman–Crippen MR) is 98.2 cm³/mol. The minimum Gasteiger partial charge on any atom is -0.454 e. The summed E-state index contributed by atoms with van der Waals surface area (Å²) in [7, 11) is 0. The van der Waals surface area contributed by atoms with Crippen molar-refractivity contribution in [3.05, 3.63) is 29.3 Å². The van der Waals surface area contributed by atoms with E-state index in [4.69, 9.17) is 19.2 Å². The molecule has 0 saturated heterocycles. The van der Waals surface area contributed by atoms with Gasteiger partial charge < -0.3 is 19.5 Å². The number of hydrogen-bond acceptors (Lipinski definition) is 6. The summed E-state index contributed by atoms with van der Waals surface area (Å²) in [4.78, 5) is 4.72. The third kappa shape index (κ3) is 4.32. The van der Waals surface area contributed by atoms with Gasteiger partial charge in [-0.1, -0.05) is 12.8 Å². The lowest BCUT2D eigenvalue weighted by Crippen LogP contribution is -2.18. The summed E-state index contributed by atoms with van der Waals surface area (Å²) >= 11 is 1.66. The highest BCUT2D eigenvalue weighted by atomic mass is 32.1. The van der Waals surface area contributed by atoms with E-state index in [1.165, 1.54) is 25.7 Å². The molecule has 0 radical (unpaired) electrons. The lowest BCUT2D eigenvalue weighted by Gasteiger charge is -2.10. The summed E-state index contributed by atoms with van der Waals surface area (Å²) < 4.78 is 16.7. The molecule has 134 valence electrons. The number of rotatable bonds is 8. The van der Waals surface area contributed by atoms with E-state index in [0.717, 1.165) is 53.9 Å². The van der Waals surface area contributed by atoms with Crippen molar-refractivity contribution >= 4 is 11.3 Å². The predicted octanol–water partition coefficient (Wildman–Crippen LogP) is 3.98. The molecule has 1 fully saturated rings. The van der Waals surface area contributed by atoms with Crippen molar-refractivity contribution in [2.75, 3.05) is 19.9 Å². The third-order valence-electron chi connectivity index (χ3n) is 4.63. The normalized spacial score (nSPS) is 16.6. The summed E-state index contributed by atoms with van der Waals surface area (Å²) in [6, 6.07) is 5.98. The number of hydrogen-bond donors (Lipinski definition) is 1. The van der Waals surface area contributed by atoms with Gasteiger partial charge in [-0.3, -0.25) is 0 Å². The molecule has 1 saturated carbocycles. The smallest absolute Gasteiger partial charge is 0.231 e. The molecule has 5 nitrogen and oxygen atoms in total. The Balaban J connectivity index is 1.20. The molecule has 2 heterocycles. The van der Waals surface area contributed by atoms with Gasteiger partial charge in [-0.2, -0.15) is 0 Å². The van der Waals surface area contributed by atoms with E-state index in [9.17, 15) is 0 Å². The third-order valence-corrected chi connectivity index (χ3v) is 5.57. The first-order chi connectivity index (χ1) is 12.4. The van der Waals surface area contributed by atoms with Gasteiger partial charge >= 0.3 is 0 Å². The minimum absolute atomic E-state index is 0.302. The highest BCUT2D eigenvalue weighted by Gasteiger charge is 2.16. The van der Waals surface area contributed by atoms with E-state index in [-0.39, 0.29) is 0 Å². The van der Waals surface area contributed by atoms with Crippen LogP contribution >= 0.6 is 11.3 Å². The second kappa shape index (κ2) is 8.17. The first-order valence-electron chi connectivity index (χ1n) is 9.05. The number of benzene rings is 1. The standard InChI is InChI=1S/C19H24N2O3S/c1-2-5-16(4-1)22-9-3-8-20-11-15-12-25-19(21-15)14-6-7-17-18(10-14)24-13-23-17/h6-7,10,12,16,20H,1-5,8-9,11,13H2. The maximum Gasteiger partial charge on any atom is 0.231 e. The molecule has 25 heavy (non-hydrogen) atoms. The van der Waals surface area contributed by atoms with Gasteiger partial charge in [0.05, 0.1) is 11.8 Å². The topological polar surface area (TPSA) is 52.6 Å². The molecule has 0 atom stereocenters. The van der Waals surface area contributed by atoms with Gasteiger partial charge in [0.2, 0.25) is 6.79 Å². The Morgan fingerprint density at radius 3 is 3.00 bits per heavy atom. The Bertz CT molecular complexity index is 698. The Hall–Kier alpha value is -1.63. The van der Waals surface area contributed by atoms with Gasteiger partial charge in [-0.15, -0.1) is 11.3 Å². The van der Waals surface area contributed by atoms with Crippen LogP contribution in [0.15, 0.2) is 23.6 Å². The number of ether oxygens (including phenoxy) is 3. The molecule has 0 bridgehead atoms. The second-order valence-corrected chi connectivity index (χ2v) is 7.38. The van der Waals surface area contributed by atoms with Crippen LogP contribution in [-0.4, -0.2) is 31.0 Å². The van der Waals surface area contributed by atoms with Crippen LogP contribution in [-0.2, 0) is 11.3 Å². The molecule has 0 spiro atoms. The quantitative estimate of drug-likeness (QED) is 0.722. The van der Waals surface area contributed by atoms with E-state index in [1.54, 1.807) is 11.3 Å². The van der Waals surface area contributed by atoms with Crippen LogP contribution in [0.1, 0.15) is 37.8 Å². The molecule has 0 amide bonds. The zero-order chi connectivity index (χ0) is 16.9. The Labute approximate surface area is 152 Å². The summed E-state index contributed by atoms with van der Waals surface area (Å²) in [6.45, 7) is 2.92. The van der Waals surface area contributed by atoms with Crippen LogP contribution in [0.2, 0.25) is 0 Å². The number of aromatic nitrogens is 1. The van der Waals surface area contributed by atoms with Crippen molar-refractivity contribution in [1.82, 2.24) is 10.3 Å². The van der Waals surface area contributed by atoms with E-state index in [2.05, 4.69) is 10.7 Å². The zero-order valence-electron chi connectivity index (χ0n) is 14.3. The van der Waals surface area contributed by atoms with Gasteiger partial charge in [0, 0.05) is 24.1 Å². The Kier molecular flexibility index (Phi) is 5.49. The summed E-state index contributed by atoms with van der Waals surface area (Å²) in [5, 5.41) is 6.58. The SMILES string of the molecule is c1cc2c(cc1-c1nc(CNCCCOC3CCCC3)cs1)OCO2. The number of thiazole rings is 1. The molecule has 1 N–H and O–H groups in total. The van der Waals surface area contributed by atoms with Crippen molar-refractivity contribution < 1.29 is 14.2 Å². The molecule has 4 rings (SSSR count). The number of nitrogens with zero attached hydrogens (tertiary/aromatic N) is 1. The molecule has 1 aromatic heterocycles. The maximum atomic E-state index is 5.88. The van der Waals surface area contributed by atoms with Gasteiger partial charge in [-0.05, 0) is 44.0 Å². The molecule has 1 aliphatic carbocycles. The van der Waals surface area contributed by atoms with E-state index >= 15 is 0 Å². The Morgan fingerprint density at radius 1 is 1.20 bits per heavy atom. The average molecular weight is 360 g/mol. The molecule has 1 aromatic carbocycles. The molecule has 0 unspecified atom stereocenters. The largest absolute Gasteiger partial charge is 0.454 e. The van der Waals surface area contributed by atoms with Crippen molar-refractivity contribution in [3.8, 4) is 22.1 Å². The molecular formula is C19H24N2O3S.